The summed E-state index contributed by atoms with van der Waals surface area (Å²) in [6, 6.07) is 8.55. The summed E-state index contributed by atoms with van der Waals surface area (Å²) in [5.74, 6) is -1.02. The summed E-state index contributed by atoms with van der Waals surface area (Å²) in [5, 5.41) is 12.3. The smallest absolute Gasteiger partial charge is 0.257 e. The normalized spacial score (nSPS) is 11.8. The van der Waals surface area contributed by atoms with Crippen LogP contribution in [0.25, 0.3) is 0 Å². The van der Waals surface area contributed by atoms with Crippen molar-refractivity contribution in [2.24, 2.45) is 11.8 Å². The molecular weight excluding hydrogens is 242 g/mol. The SMILES string of the molecule is CC(C)C(C)C(=O)NC(=N)NC(=O)c1ccccc1. The highest BCUT2D eigenvalue weighted by Gasteiger charge is 2.18. The molecule has 5 nitrogen and oxygen atoms in total. The van der Waals surface area contributed by atoms with Gasteiger partial charge in [-0.1, -0.05) is 39.0 Å². The Balaban J connectivity index is 2.52. The van der Waals surface area contributed by atoms with E-state index in [1.165, 1.54) is 0 Å². The Morgan fingerprint density at radius 1 is 1.05 bits per heavy atom. The summed E-state index contributed by atoms with van der Waals surface area (Å²) < 4.78 is 0. The largest absolute Gasteiger partial charge is 0.296 e. The molecule has 1 rings (SSSR count). The van der Waals surface area contributed by atoms with Crippen LogP contribution in [0.2, 0.25) is 0 Å². The minimum atomic E-state index is -0.414. The summed E-state index contributed by atoms with van der Waals surface area (Å²) >= 11 is 0. The fourth-order valence-electron chi connectivity index (χ4n) is 1.35. The highest BCUT2D eigenvalue weighted by molar-refractivity contribution is 6.08. The molecule has 0 fully saturated rings. The molecule has 0 heterocycles. The van der Waals surface area contributed by atoms with Crippen molar-refractivity contribution >= 4 is 17.8 Å². The zero-order chi connectivity index (χ0) is 14.4. The van der Waals surface area contributed by atoms with Gasteiger partial charge >= 0.3 is 0 Å². The van der Waals surface area contributed by atoms with E-state index in [1.807, 2.05) is 13.8 Å². The molecule has 3 N–H and O–H groups in total. The predicted molar refractivity (Wildman–Crippen MR) is 73.8 cm³/mol. The maximum absolute atomic E-state index is 11.7. The molecule has 0 aliphatic rings. The zero-order valence-corrected chi connectivity index (χ0v) is 11.4. The van der Waals surface area contributed by atoms with Crippen LogP contribution in [0, 0.1) is 17.2 Å². The van der Waals surface area contributed by atoms with E-state index in [9.17, 15) is 9.59 Å². The number of carbonyl (C=O) groups is 2. The van der Waals surface area contributed by atoms with E-state index in [0.717, 1.165) is 0 Å². The fourth-order valence-corrected chi connectivity index (χ4v) is 1.35. The van der Waals surface area contributed by atoms with E-state index >= 15 is 0 Å². The first-order chi connectivity index (χ1) is 8.91. The number of hydrogen-bond acceptors (Lipinski definition) is 3. The third-order valence-electron chi connectivity index (χ3n) is 2.94. The van der Waals surface area contributed by atoms with Crippen LogP contribution in [0.1, 0.15) is 31.1 Å². The van der Waals surface area contributed by atoms with Crippen LogP contribution in [0.5, 0.6) is 0 Å². The first-order valence-electron chi connectivity index (χ1n) is 6.17. The number of hydrogen-bond donors (Lipinski definition) is 3. The molecule has 0 saturated carbocycles. The Kier molecular flexibility index (Phi) is 5.23. The van der Waals surface area contributed by atoms with Gasteiger partial charge in [0, 0.05) is 11.5 Å². The van der Waals surface area contributed by atoms with Crippen molar-refractivity contribution in [2.45, 2.75) is 20.8 Å². The monoisotopic (exact) mass is 261 g/mol. The topological polar surface area (TPSA) is 82.1 Å². The molecule has 1 aromatic carbocycles. The minimum Gasteiger partial charge on any atom is -0.296 e. The van der Waals surface area contributed by atoms with Crippen molar-refractivity contribution in [2.75, 3.05) is 0 Å². The van der Waals surface area contributed by atoms with Gasteiger partial charge in [0.25, 0.3) is 5.91 Å². The summed E-state index contributed by atoms with van der Waals surface area (Å²) in [6.07, 6.45) is 0. The molecular formula is C14H19N3O2. The number of nitrogens with one attached hydrogen (secondary N) is 3. The molecule has 0 spiro atoms. The molecule has 0 radical (unpaired) electrons. The average Bonchev–Trinajstić information content (AvgIpc) is 2.38. The second-order valence-corrected chi connectivity index (χ2v) is 4.72. The lowest BCUT2D eigenvalue weighted by Gasteiger charge is -2.15. The number of carbonyl (C=O) groups excluding carboxylic acids is 2. The third-order valence-corrected chi connectivity index (χ3v) is 2.94. The molecule has 102 valence electrons. The van der Waals surface area contributed by atoms with Crippen LogP contribution in [0.15, 0.2) is 30.3 Å². The molecule has 0 aliphatic heterocycles. The molecule has 1 atom stereocenters. The van der Waals surface area contributed by atoms with Crippen molar-refractivity contribution in [1.29, 1.82) is 5.41 Å². The maximum Gasteiger partial charge on any atom is 0.257 e. The summed E-state index contributed by atoms with van der Waals surface area (Å²) in [6.45, 7) is 5.64. The molecule has 0 aromatic heterocycles. The Morgan fingerprint density at radius 3 is 2.16 bits per heavy atom. The molecule has 1 unspecified atom stereocenters. The molecule has 0 bridgehead atoms. The van der Waals surface area contributed by atoms with E-state index in [2.05, 4.69) is 10.6 Å². The standard InChI is InChI=1S/C14H19N3O2/c1-9(2)10(3)12(18)16-14(15)17-13(19)11-7-5-4-6-8-11/h4-10H,1-3H3,(H3,15,16,17,18,19). The van der Waals surface area contributed by atoms with Crippen LogP contribution in [-0.4, -0.2) is 17.8 Å². The van der Waals surface area contributed by atoms with Gasteiger partial charge in [-0.15, -0.1) is 0 Å². The van der Waals surface area contributed by atoms with Crippen molar-refractivity contribution in [3.63, 3.8) is 0 Å². The average molecular weight is 261 g/mol. The number of rotatable bonds is 3. The lowest BCUT2D eigenvalue weighted by molar-refractivity contribution is -0.124. The highest BCUT2D eigenvalue weighted by atomic mass is 16.2. The Bertz CT molecular complexity index is 469. The molecule has 0 saturated heterocycles. The zero-order valence-electron chi connectivity index (χ0n) is 11.4. The number of guanidine groups is 1. The van der Waals surface area contributed by atoms with Gasteiger partial charge < -0.3 is 0 Å². The van der Waals surface area contributed by atoms with E-state index < -0.39 is 5.91 Å². The number of amides is 2. The van der Waals surface area contributed by atoms with Gasteiger partial charge in [-0.2, -0.15) is 0 Å². The van der Waals surface area contributed by atoms with Gasteiger partial charge in [0.1, 0.15) is 0 Å². The lowest BCUT2D eigenvalue weighted by Crippen LogP contribution is -2.45. The maximum atomic E-state index is 11.7. The predicted octanol–water partition coefficient (Wildman–Crippen LogP) is 1.76. The number of benzene rings is 1. The van der Waals surface area contributed by atoms with Crippen molar-refractivity contribution < 1.29 is 9.59 Å². The molecule has 19 heavy (non-hydrogen) atoms. The Labute approximate surface area is 112 Å². The highest BCUT2D eigenvalue weighted by Crippen LogP contribution is 2.08. The fraction of sp³-hybridized carbons (Fsp3) is 0.357. The second kappa shape index (κ2) is 6.68. The minimum absolute atomic E-state index is 0.178. The molecule has 5 heteroatoms. The Morgan fingerprint density at radius 2 is 1.63 bits per heavy atom. The quantitative estimate of drug-likeness (QED) is 0.572. The van der Waals surface area contributed by atoms with Crippen molar-refractivity contribution in [1.82, 2.24) is 10.6 Å². The van der Waals surface area contributed by atoms with Crippen LogP contribution in [0.4, 0.5) is 0 Å². The van der Waals surface area contributed by atoms with Gasteiger partial charge in [0.05, 0.1) is 0 Å². The van der Waals surface area contributed by atoms with E-state index in [0.29, 0.717) is 5.56 Å². The summed E-state index contributed by atoms with van der Waals surface area (Å²) in [7, 11) is 0. The Hall–Kier alpha value is -2.17. The van der Waals surface area contributed by atoms with Crippen LogP contribution in [-0.2, 0) is 4.79 Å². The lowest BCUT2D eigenvalue weighted by atomic mass is 9.97. The first-order valence-corrected chi connectivity index (χ1v) is 6.17. The van der Waals surface area contributed by atoms with Crippen LogP contribution < -0.4 is 10.6 Å². The van der Waals surface area contributed by atoms with Crippen LogP contribution >= 0.6 is 0 Å². The van der Waals surface area contributed by atoms with E-state index in [1.54, 1.807) is 37.3 Å². The third kappa shape index (κ3) is 4.54. The molecule has 2 amide bonds. The van der Waals surface area contributed by atoms with E-state index in [4.69, 9.17) is 5.41 Å². The first kappa shape index (κ1) is 14.9. The van der Waals surface area contributed by atoms with Gasteiger partial charge in [-0.05, 0) is 18.1 Å². The van der Waals surface area contributed by atoms with Gasteiger partial charge in [-0.3, -0.25) is 25.6 Å². The summed E-state index contributed by atoms with van der Waals surface area (Å²) in [4.78, 5) is 23.4. The second-order valence-electron chi connectivity index (χ2n) is 4.72. The van der Waals surface area contributed by atoms with Crippen LogP contribution in [0.3, 0.4) is 0 Å². The van der Waals surface area contributed by atoms with E-state index in [-0.39, 0.29) is 23.7 Å². The van der Waals surface area contributed by atoms with Crippen molar-refractivity contribution in [3.05, 3.63) is 35.9 Å². The van der Waals surface area contributed by atoms with Gasteiger partial charge in [0.2, 0.25) is 11.9 Å². The van der Waals surface area contributed by atoms with Crippen molar-refractivity contribution in [3.8, 4) is 0 Å². The van der Waals surface area contributed by atoms with Gasteiger partial charge in [-0.25, -0.2) is 0 Å². The van der Waals surface area contributed by atoms with Gasteiger partial charge in [0.15, 0.2) is 0 Å². The summed E-state index contributed by atoms with van der Waals surface area (Å²) in [5.41, 5.74) is 0.443. The molecule has 0 aliphatic carbocycles. The molecule has 1 aromatic rings.